The molecule has 1 rings (SSSR count). The third kappa shape index (κ3) is 3.95. The van der Waals surface area contributed by atoms with E-state index in [0.717, 1.165) is 26.1 Å². The van der Waals surface area contributed by atoms with Crippen molar-refractivity contribution < 1.29 is 5.11 Å². The van der Waals surface area contributed by atoms with E-state index in [0.29, 0.717) is 5.41 Å². The maximum Gasteiger partial charge on any atom is 0.0718 e. The molecule has 1 saturated carbocycles. The molecular formula is C11H24N2O. The SMILES string of the molecule is CN(CC(C)(C)O)CC1(CCN)CC1. The first-order valence-corrected chi connectivity index (χ1v) is 5.48. The highest BCUT2D eigenvalue weighted by Crippen LogP contribution is 2.48. The Hall–Kier alpha value is -0.120. The van der Waals surface area contributed by atoms with Gasteiger partial charge in [0.05, 0.1) is 5.60 Å². The van der Waals surface area contributed by atoms with Crippen molar-refractivity contribution in [1.82, 2.24) is 4.90 Å². The second kappa shape index (κ2) is 4.17. The van der Waals surface area contributed by atoms with E-state index >= 15 is 0 Å². The molecule has 0 amide bonds. The molecule has 3 N–H and O–H groups in total. The van der Waals surface area contributed by atoms with Crippen LogP contribution < -0.4 is 5.73 Å². The molecule has 0 heterocycles. The highest BCUT2D eigenvalue weighted by molar-refractivity contribution is 4.95. The molecule has 3 nitrogen and oxygen atoms in total. The minimum absolute atomic E-state index is 0.481. The van der Waals surface area contributed by atoms with Crippen molar-refractivity contribution in [1.29, 1.82) is 0 Å². The number of aliphatic hydroxyl groups is 1. The number of hydrogen-bond acceptors (Lipinski definition) is 3. The summed E-state index contributed by atoms with van der Waals surface area (Å²) in [6.45, 7) is 6.31. The van der Waals surface area contributed by atoms with Gasteiger partial charge in [-0.25, -0.2) is 0 Å². The lowest BCUT2D eigenvalue weighted by atomic mass is 10.0. The van der Waals surface area contributed by atoms with Gasteiger partial charge in [-0.1, -0.05) is 0 Å². The molecule has 84 valence electrons. The smallest absolute Gasteiger partial charge is 0.0718 e. The van der Waals surface area contributed by atoms with Gasteiger partial charge in [-0.15, -0.1) is 0 Å². The molecule has 3 heteroatoms. The molecule has 1 aliphatic carbocycles. The van der Waals surface area contributed by atoms with E-state index in [2.05, 4.69) is 11.9 Å². The Labute approximate surface area is 87.3 Å². The second-order valence-corrected chi connectivity index (χ2v) is 5.52. The first kappa shape index (κ1) is 12.0. The van der Waals surface area contributed by atoms with Crippen LogP contribution in [0.4, 0.5) is 0 Å². The minimum Gasteiger partial charge on any atom is -0.389 e. The number of nitrogens with zero attached hydrogens (tertiary/aromatic N) is 1. The fourth-order valence-electron chi connectivity index (χ4n) is 2.26. The highest BCUT2D eigenvalue weighted by Gasteiger charge is 2.42. The predicted octanol–water partition coefficient (Wildman–Crippen LogP) is 0.818. The molecule has 0 unspecified atom stereocenters. The van der Waals surface area contributed by atoms with Crippen molar-refractivity contribution in [3.63, 3.8) is 0 Å². The molecule has 1 aliphatic rings. The van der Waals surface area contributed by atoms with Gasteiger partial charge in [0.25, 0.3) is 0 Å². The predicted molar refractivity (Wildman–Crippen MR) is 59.1 cm³/mol. The Morgan fingerprint density at radius 2 is 2.00 bits per heavy atom. The summed E-state index contributed by atoms with van der Waals surface area (Å²) >= 11 is 0. The van der Waals surface area contributed by atoms with Gasteiger partial charge in [-0.2, -0.15) is 0 Å². The third-order valence-electron chi connectivity index (χ3n) is 2.89. The van der Waals surface area contributed by atoms with E-state index < -0.39 is 5.60 Å². The Balaban J connectivity index is 2.30. The van der Waals surface area contributed by atoms with Gasteiger partial charge in [0.1, 0.15) is 0 Å². The average molecular weight is 200 g/mol. The molecule has 0 atom stereocenters. The molecule has 0 aromatic heterocycles. The molecule has 14 heavy (non-hydrogen) atoms. The lowest BCUT2D eigenvalue weighted by Gasteiger charge is -2.28. The fourth-order valence-corrected chi connectivity index (χ4v) is 2.26. The van der Waals surface area contributed by atoms with Crippen molar-refractivity contribution in [3.05, 3.63) is 0 Å². The van der Waals surface area contributed by atoms with Crippen LogP contribution in [0, 0.1) is 5.41 Å². The molecule has 0 radical (unpaired) electrons. The van der Waals surface area contributed by atoms with E-state index in [-0.39, 0.29) is 0 Å². The largest absolute Gasteiger partial charge is 0.389 e. The zero-order chi connectivity index (χ0) is 10.8. The van der Waals surface area contributed by atoms with E-state index in [1.54, 1.807) is 0 Å². The summed E-state index contributed by atoms with van der Waals surface area (Å²) in [5, 5.41) is 9.67. The van der Waals surface area contributed by atoms with Crippen molar-refractivity contribution in [2.75, 3.05) is 26.7 Å². The number of hydrogen-bond donors (Lipinski definition) is 2. The Kier molecular flexibility index (Phi) is 3.56. The highest BCUT2D eigenvalue weighted by atomic mass is 16.3. The maximum absolute atomic E-state index is 9.67. The van der Waals surface area contributed by atoms with Crippen molar-refractivity contribution in [2.45, 2.75) is 38.7 Å². The van der Waals surface area contributed by atoms with Gasteiger partial charge in [-0.05, 0) is 52.1 Å². The van der Waals surface area contributed by atoms with Crippen molar-refractivity contribution in [3.8, 4) is 0 Å². The molecule has 0 aliphatic heterocycles. The number of likely N-dealkylation sites (N-methyl/N-ethyl adjacent to an activating group) is 1. The van der Waals surface area contributed by atoms with Gasteiger partial charge in [0, 0.05) is 13.1 Å². The van der Waals surface area contributed by atoms with Crippen molar-refractivity contribution in [2.24, 2.45) is 11.1 Å². The monoisotopic (exact) mass is 200 g/mol. The summed E-state index contributed by atoms with van der Waals surface area (Å²) in [5.74, 6) is 0. The van der Waals surface area contributed by atoms with Crippen LogP contribution in [0.25, 0.3) is 0 Å². The second-order valence-electron chi connectivity index (χ2n) is 5.52. The molecule has 0 spiro atoms. The van der Waals surface area contributed by atoms with E-state index in [1.807, 2.05) is 13.8 Å². The lowest BCUT2D eigenvalue weighted by molar-refractivity contribution is 0.0384. The van der Waals surface area contributed by atoms with Gasteiger partial charge in [0.15, 0.2) is 0 Å². The Morgan fingerprint density at radius 3 is 2.36 bits per heavy atom. The van der Waals surface area contributed by atoms with Crippen LogP contribution in [0.2, 0.25) is 0 Å². The van der Waals surface area contributed by atoms with E-state index in [4.69, 9.17) is 5.73 Å². The fraction of sp³-hybridized carbons (Fsp3) is 1.00. The number of nitrogens with two attached hydrogens (primary N) is 1. The normalized spacial score (nSPS) is 20.1. The summed E-state index contributed by atoms with van der Waals surface area (Å²) in [6.07, 6.45) is 3.74. The van der Waals surface area contributed by atoms with Crippen LogP contribution >= 0.6 is 0 Å². The molecule has 0 aromatic rings. The molecule has 0 aromatic carbocycles. The van der Waals surface area contributed by atoms with Gasteiger partial charge < -0.3 is 15.7 Å². The summed E-state index contributed by atoms with van der Waals surface area (Å²) in [7, 11) is 2.08. The standard InChI is InChI=1S/C11H24N2O/c1-10(2,14)8-13(3)9-11(4-5-11)6-7-12/h14H,4-9,12H2,1-3H3. The summed E-state index contributed by atoms with van der Waals surface area (Å²) in [5.41, 5.74) is 5.48. The summed E-state index contributed by atoms with van der Waals surface area (Å²) in [4.78, 5) is 2.22. The minimum atomic E-state index is -0.590. The first-order chi connectivity index (χ1) is 6.37. The third-order valence-corrected chi connectivity index (χ3v) is 2.89. The summed E-state index contributed by atoms with van der Waals surface area (Å²) < 4.78 is 0. The average Bonchev–Trinajstić information content (AvgIpc) is 2.64. The Morgan fingerprint density at radius 1 is 1.43 bits per heavy atom. The van der Waals surface area contributed by atoms with Crippen LogP contribution in [0.15, 0.2) is 0 Å². The van der Waals surface area contributed by atoms with Crippen LogP contribution in [0.5, 0.6) is 0 Å². The molecule has 1 fully saturated rings. The van der Waals surface area contributed by atoms with Crippen LogP contribution in [0.1, 0.15) is 33.1 Å². The van der Waals surface area contributed by atoms with Crippen LogP contribution in [-0.4, -0.2) is 42.3 Å². The molecular weight excluding hydrogens is 176 g/mol. The number of rotatable bonds is 6. The first-order valence-electron chi connectivity index (χ1n) is 5.48. The summed E-state index contributed by atoms with van der Waals surface area (Å²) in [6, 6.07) is 0. The van der Waals surface area contributed by atoms with Gasteiger partial charge >= 0.3 is 0 Å². The Bertz CT molecular complexity index is 182. The maximum atomic E-state index is 9.67. The molecule has 0 saturated heterocycles. The van der Waals surface area contributed by atoms with Gasteiger partial charge in [0.2, 0.25) is 0 Å². The van der Waals surface area contributed by atoms with Crippen LogP contribution in [0.3, 0.4) is 0 Å². The lowest BCUT2D eigenvalue weighted by Crippen LogP contribution is -2.39. The van der Waals surface area contributed by atoms with E-state index in [1.165, 1.54) is 12.8 Å². The van der Waals surface area contributed by atoms with Crippen LogP contribution in [-0.2, 0) is 0 Å². The topological polar surface area (TPSA) is 49.5 Å². The van der Waals surface area contributed by atoms with Gasteiger partial charge in [-0.3, -0.25) is 0 Å². The zero-order valence-corrected chi connectivity index (χ0v) is 9.71. The molecule has 0 bridgehead atoms. The quantitative estimate of drug-likeness (QED) is 0.667. The zero-order valence-electron chi connectivity index (χ0n) is 9.71. The van der Waals surface area contributed by atoms with Crippen molar-refractivity contribution >= 4 is 0 Å². The van der Waals surface area contributed by atoms with E-state index in [9.17, 15) is 5.11 Å².